The van der Waals surface area contributed by atoms with Crippen LogP contribution in [0.5, 0.6) is 5.75 Å². The lowest BCUT2D eigenvalue weighted by molar-refractivity contribution is 0.103. The lowest BCUT2D eigenvalue weighted by Crippen LogP contribution is -2.06. The van der Waals surface area contributed by atoms with Gasteiger partial charge in [0.05, 0.1) is 6.61 Å². The van der Waals surface area contributed by atoms with Crippen molar-refractivity contribution < 1.29 is 9.53 Å². The lowest BCUT2D eigenvalue weighted by atomic mass is 9.98. The topological polar surface area (TPSA) is 52.3 Å². The second-order valence-corrected chi connectivity index (χ2v) is 5.37. The molecule has 2 N–H and O–H groups in total. The molecule has 2 rings (SSSR count). The average Bonchev–Trinajstić information content (AvgIpc) is 2.43. The number of carbonyl (C=O) groups excluding carboxylic acids is 1. The summed E-state index contributed by atoms with van der Waals surface area (Å²) in [5.74, 6) is 0.716. The number of nitrogens with two attached hydrogens (primary N) is 1. The Balaban J connectivity index is 2.36. The third-order valence-corrected chi connectivity index (χ3v) is 3.54. The molecule has 20 heavy (non-hydrogen) atoms. The maximum atomic E-state index is 12.5. The highest BCUT2D eigenvalue weighted by Gasteiger charge is 2.14. The molecule has 0 radical (unpaired) electrons. The summed E-state index contributed by atoms with van der Waals surface area (Å²) in [6, 6.07) is 10.7. The van der Waals surface area contributed by atoms with Crippen molar-refractivity contribution in [2.75, 3.05) is 12.3 Å². The largest absolute Gasteiger partial charge is 0.494 e. The van der Waals surface area contributed by atoms with Crippen LogP contribution in [0.4, 0.5) is 5.69 Å². The van der Waals surface area contributed by atoms with Crippen LogP contribution >= 0.6 is 15.9 Å². The Hall–Kier alpha value is -1.81. The van der Waals surface area contributed by atoms with Crippen molar-refractivity contribution in [3.8, 4) is 5.75 Å². The molecule has 0 fully saturated rings. The Morgan fingerprint density at radius 2 is 1.90 bits per heavy atom. The molecule has 0 unspecified atom stereocenters. The fourth-order valence-corrected chi connectivity index (χ4v) is 2.44. The third kappa shape index (κ3) is 3.02. The number of ether oxygens (including phenoxy) is 1. The van der Waals surface area contributed by atoms with E-state index in [0.717, 1.165) is 15.8 Å². The standard InChI is InChI=1S/C16H16BrNO2/c1-3-20-13-6-4-11(5-7-13)16(19)14-8-12(17)9-15(18)10(14)2/h4-9H,3,18H2,1-2H3. The summed E-state index contributed by atoms with van der Waals surface area (Å²) in [6.07, 6.45) is 0. The quantitative estimate of drug-likeness (QED) is 0.680. The molecule has 2 aromatic rings. The van der Waals surface area contributed by atoms with Crippen molar-refractivity contribution in [3.63, 3.8) is 0 Å². The van der Waals surface area contributed by atoms with Crippen molar-refractivity contribution >= 4 is 27.4 Å². The number of carbonyl (C=O) groups is 1. The van der Waals surface area contributed by atoms with Gasteiger partial charge in [-0.25, -0.2) is 0 Å². The molecule has 0 saturated carbocycles. The van der Waals surface area contributed by atoms with Gasteiger partial charge in [-0.2, -0.15) is 0 Å². The highest BCUT2D eigenvalue weighted by molar-refractivity contribution is 9.10. The summed E-state index contributed by atoms with van der Waals surface area (Å²) in [5.41, 5.74) is 8.53. The first-order valence-electron chi connectivity index (χ1n) is 6.36. The van der Waals surface area contributed by atoms with E-state index in [1.807, 2.05) is 13.8 Å². The van der Waals surface area contributed by atoms with E-state index in [2.05, 4.69) is 15.9 Å². The van der Waals surface area contributed by atoms with Crippen LogP contribution in [0.2, 0.25) is 0 Å². The van der Waals surface area contributed by atoms with Gasteiger partial charge in [0.15, 0.2) is 5.78 Å². The number of ketones is 1. The van der Waals surface area contributed by atoms with Crippen LogP contribution in [0.3, 0.4) is 0 Å². The second-order valence-electron chi connectivity index (χ2n) is 4.45. The van der Waals surface area contributed by atoms with Crippen molar-refractivity contribution in [2.45, 2.75) is 13.8 Å². The summed E-state index contributed by atoms with van der Waals surface area (Å²) in [5, 5.41) is 0. The van der Waals surface area contributed by atoms with E-state index in [0.29, 0.717) is 23.4 Å². The van der Waals surface area contributed by atoms with Gasteiger partial charge in [-0.3, -0.25) is 4.79 Å². The van der Waals surface area contributed by atoms with Gasteiger partial charge in [0.2, 0.25) is 0 Å². The van der Waals surface area contributed by atoms with Crippen LogP contribution in [0.15, 0.2) is 40.9 Å². The van der Waals surface area contributed by atoms with Crippen LogP contribution in [0.1, 0.15) is 28.4 Å². The fourth-order valence-electron chi connectivity index (χ4n) is 1.96. The summed E-state index contributed by atoms with van der Waals surface area (Å²) < 4.78 is 6.17. The smallest absolute Gasteiger partial charge is 0.193 e. The van der Waals surface area contributed by atoms with Gasteiger partial charge >= 0.3 is 0 Å². The van der Waals surface area contributed by atoms with Crippen LogP contribution in [-0.2, 0) is 0 Å². The molecule has 2 aromatic carbocycles. The molecule has 0 bridgehead atoms. The van der Waals surface area contributed by atoms with Gasteiger partial charge < -0.3 is 10.5 Å². The number of halogens is 1. The molecular weight excluding hydrogens is 318 g/mol. The molecule has 0 aliphatic rings. The first-order valence-corrected chi connectivity index (χ1v) is 7.15. The maximum absolute atomic E-state index is 12.5. The molecular formula is C16H16BrNO2. The number of benzene rings is 2. The highest BCUT2D eigenvalue weighted by atomic mass is 79.9. The Morgan fingerprint density at radius 1 is 1.25 bits per heavy atom. The predicted octanol–water partition coefficient (Wildman–Crippen LogP) is 3.97. The van der Waals surface area contributed by atoms with Crippen LogP contribution in [0.25, 0.3) is 0 Å². The Morgan fingerprint density at radius 3 is 2.50 bits per heavy atom. The van der Waals surface area contributed by atoms with E-state index in [1.165, 1.54) is 0 Å². The normalized spacial score (nSPS) is 10.3. The van der Waals surface area contributed by atoms with Gasteiger partial charge in [0, 0.05) is 21.3 Å². The molecule has 0 aromatic heterocycles. The van der Waals surface area contributed by atoms with Gasteiger partial charge in [-0.1, -0.05) is 15.9 Å². The van der Waals surface area contributed by atoms with E-state index >= 15 is 0 Å². The summed E-state index contributed by atoms with van der Waals surface area (Å²) in [4.78, 5) is 12.5. The number of anilines is 1. The molecule has 104 valence electrons. The molecule has 0 saturated heterocycles. The SMILES string of the molecule is CCOc1ccc(C(=O)c2cc(Br)cc(N)c2C)cc1. The molecule has 0 aliphatic carbocycles. The zero-order chi connectivity index (χ0) is 14.7. The summed E-state index contributed by atoms with van der Waals surface area (Å²) in [6.45, 7) is 4.38. The molecule has 0 heterocycles. The third-order valence-electron chi connectivity index (χ3n) is 3.08. The minimum atomic E-state index is -0.0430. The zero-order valence-electron chi connectivity index (χ0n) is 11.4. The lowest BCUT2D eigenvalue weighted by Gasteiger charge is -2.09. The number of hydrogen-bond acceptors (Lipinski definition) is 3. The first-order chi connectivity index (χ1) is 9.52. The first kappa shape index (κ1) is 14.6. The minimum Gasteiger partial charge on any atom is -0.494 e. The van der Waals surface area contributed by atoms with E-state index in [-0.39, 0.29) is 5.78 Å². The minimum absolute atomic E-state index is 0.0430. The molecule has 0 amide bonds. The Kier molecular flexibility index (Phi) is 4.45. The van der Waals surface area contributed by atoms with Crippen LogP contribution < -0.4 is 10.5 Å². The van der Waals surface area contributed by atoms with E-state index < -0.39 is 0 Å². The fraction of sp³-hybridized carbons (Fsp3) is 0.188. The molecule has 4 heteroatoms. The van der Waals surface area contributed by atoms with E-state index in [1.54, 1.807) is 36.4 Å². The Labute approximate surface area is 126 Å². The van der Waals surface area contributed by atoms with Gasteiger partial charge in [0.1, 0.15) is 5.75 Å². The molecule has 3 nitrogen and oxygen atoms in total. The van der Waals surface area contributed by atoms with Crippen LogP contribution in [-0.4, -0.2) is 12.4 Å². The van der Waals surface area contributed by atoms with Gasteiger partial charge in [-0.15, -0.1) is 0 Å². The van der Waals surface area contributed by atoms with E-state index in [9.17, 15) is 4.79 Å². The van der Waals surface area contributed by atoms with E-state index in [4.69, 9.17) is 10.5 Å². The number of rotatable bonds is 4. The predicted molar refractivity (Wildman–Crippen MR) is 84.3 cm³/mol. The zero-order valence-corrected chi connectivity index (χ0v) is 13.0. The summed E-state index contributed by atoms with van der Waals surface area (Å²) in [7, 11) is 0. The summed E-state index contributed by atoms with van der Waals surface area (Å²) >= 11 is 3.37. The van der Waals surface area contributed by atoms with Crippen molar-refractivity contribution in [2.24, 2.45) is 0 Å². The number of nitrogen functional groups attached to an aromatic ring is 1. The monoisotopic (exact) mass is 333 g/mol. The van der Waals surface area contributed by atoms with Crippen molar-refractivity contribution in [3.05, 3.63) is 57.6 Å². The molecule has 0 atom stereocenters. The van der Waals surface area contributed by atoms with Crippen LogP contribution in [0, 0.1) is 6.92 Å². The van der Waals surface area contributed by atoms with Crippen molar-refractivity contribution in [1.82, 2.24) is 0 Å². The van der Waals surface area contributed by atoms with Gasteiger partial charge in [0.25, 0.3) is 0 Å². The van der Waals surface area contributed by atoms with Gasteiger partial charge in [-0.05, 0) is 55.8 Å². The van der Waals surface area contributed by atoms with Crippen molar-refractivity contribution in [1.29, 1.82) is 0 Å². The highest BCUT2D eigenvalue weighted by Crippen LogP contribution is 2.25. The maximum Gasteiger partial charge on any atom is 0.193 e. The Bertz CT molecular complexity index is 636. The number of hydrogen-bond donors (Lipinski definition) is 1. The molecule has 0 aliphatic heterocycles. The molecule has 0 spiro atoms. The second kappa shape index (κ2) is 6.09. The average molecular weight is 334 g/mol.